The third-order valence-electron chi connectivity index (χ3n) is 6.71. The number of hydrogen-bond acceptors (Lipinski definition) is 10. The van der Waals surface area contributed by atoms with Crippen molar-refractivity contribution in [2.75, 3.05) is 51.9 Å². The molecule has 4 heterocycles. The minimum atomic E-state index is -0.833. The number of allylic oxidation sites excluding steroid dienone is 1. The number of fused-ring (bicyclic) bond motifs is 1. The Morgan fingerprint density at radius 3 is 2.67 bits per heavy atom. The summed E-state index contributed by atoms with van der Waals surface area (Å²) in [5.41, 5.74) is 2.72. The molecule has 3 aromatic rings. The number of hydrogen-bond donors (Lipinski definition) is 3. The Kier molecular flexibility index (Phi) is 10.9. The van der Waals surface area contributed by atoms with E-state index in [2.05, 4.69) is 20.2 Å². The standard InChI is InChI=1S/C29H32N4O6.C2H4O2/c1-19-16-21(37-13-12-33-10-3-4-11-33)7-8-23(19)32-28-25(29(35)38-15-14-36-2)26(34)24(39-28)17-20-18-31-27-22(20)6-5-9-30-27;1-2(3)4/h5-9,16-18,32H,3-4,10-15H2,1-2H3,(H,30,31);1H3,(H,3,4). The lowest BCUT2D eigenvalue weighted by Gasteiger charge is -2.16. The maximum absolute atomic E-state index is 13.3. The molecule has 12 heteroatoms. The molecule has 2 aliphatic heterocycles. The van der Waals surface area contributed by atoms with Crippen LogP contribution in [0.25, 0.3) is 17.1 Å². The highest BCUT2D eigenvalue weighted by atomic mass is 16.6. The Morgan fingerprint density at radius 2 is 1.95 bits per heavy atom. The summed E-state index contributed by atoms with van der Waals surface area (Å²) in [6.45, 7) is 6.99. The molecule has 0 saturated carbocycles. The summed E-state index contributed by atoms with van der Waals surface area (Å²) in [6, 6.07) is 9.29. The molecular weight excluding hydrogens is 556 g/mol. The van der Waals surface area contributed by atoms with Gasteiger partial charge in [0.15, 0.2) is 11.3 Å². The molecule has 5 rings (SSSR count). The maximum atomic E-state index is 13.3. The molecule has 1 saturated heterocycles. The summed E-state index contributed by atoms with van der Waals surface area (Å²) in [5.74, 6) is -1.43. The van der Waals surface area contributed by atoms with Gasteiger partial charge in [-0.25, -0.2) is 9.78 Å². The predicted octanol–water partition coefficient (Wildman–Crippen LogP) is 3.89. The van der Waals surface area contributed by atoms with Crippen LogP contribution in [-0.2, 0) is 28.6 Å². The number of aliphatic carboxylic acids is 1. The van der Waals surface area contributed by atoms with Crippen molar-refractivity contribution in [1.29, 1.82) is 0 Å². The van der Waals surface area contributed by atoms with Crippen molar-refractivity contribution in [3.8, 4) is 5.75 Å². The van der Waals surface area contributed by atoms with Gasteiger partial charge in [-0.3, -0.25) is 14.5 Å². The number of rotatable bonds is 11. The number of carboxylic acid groups (broad SMARTS) is 1. The maximum Gasteiger partial charge on any atom is 0.347 e. The smallest absolute Gasteiger partial charge is 0.347 e. The predicted molar refractivity (Wildman–Crippen MR) is 159 cm³/mol. The highest BCUT2D eigenvalue weighted by Gasteiger charge is 2.37. The quantitative estimate of drug-likeness (QED) is 0.129. The van der Waals surface area contributed by atoms with E-state index in [0.717, 1.165) is 43.3 Å². The number of esters is 1. The normalized spacial score (nSPS) is 15.8. The monoisotopic (exact) mass is 592 g/mol. The first-order valence-corrected chi connectivity index (χ1v) is 14.0. The molecule has 0 atom stereocenters. The van der Waals surface area contributed by atoms with Crippen LogP contribution in [0.4, 0.5) is 5.69 Å². The number of aromatic nitrogens is 2. The van der Waals surface area contributed by atoms with E-state index in [0.29, 0.717) is 23.5 Å². The number of Topliss-reactive ketones (excluding diaryl/α,β-unsaturated/α-hetero) is 1. The first-order chi connectivity index (χ1) is 20.8. The van der Waals surface area contributed by atoms with Gasteiger partial charge in [-0.15, -0.1) is 0 Å². The molecule has 0 unspecified atom stereocenters. The zero-order valence-corrected chi connectivity index (χ0v) is 24.5. The number of H-pyrrole nitrogens is 1. The molecule has 2 aliphatic rings. The van der Waals surface area contributed by atoms with Crippen molar-refractivity contribution in [3.05, 3.63) is 71.1 Å². The minimum Gasteiger partial charge on any atom is -0.492 e. The van der Waals surface area contributed by atoms with E-state index in [-0.39, 0.29) is 30.4 Å². The molecule has 0 bridgehead atoms. The van der Waals surface area contributed by atoms with Crippen LogP contribution in [0.5, 0.6) is 5.75 Å². The summed E-state index contributed by atoms with van der Waals surface area (Å²) in [5, 5.41) is 11.4. The Morgan fingerprint density at radius 1 is 1.19 bits per heavy atom. The molecule has 0 aliphatic carbocycles. The zero-order chi connectivity index (χ0) is 30.8. The molecular formula is C31H36N4O8. The molecule has 228 valence electrons. The number of ether oxygens (including phenoxy) is 4. The Labute approximate surface area is 249 Å². The highest BCUT2D eigenvalue weighted by molar-refractivity contribution is 6.26. The van der Waals surface area contributed by atoms with Crippen molar-refractivity contribution >= 4 is 40.5 Å². The van der Waals surface area contributed by atoms with E-state index in [1.165, 1.54) is 20.0 Å². The van der Waals surface area contributed by atoms with Crippen LogP contribution >= 0.6 is 0 Å². The number of anilines is 1. The van der Waals surface area contributed by atoms with Gasteiger partial charge < -0.3 is 34.4 Å². The van der Waals surface area contributed by atoms with Crippen molar-refractivity contribution in [2.45, 2.75) is 26.7 Å². The van der Waals surface area contributed by atoms with Crippen LogP contribution in [-0.4, -0.2) is 84.3 Å². The largest absolute Gasteiger partial charge is 0.492 e. The third-order valence-corrected chi connectivity index (χ3v) is 6.71. The van der Waals surface area contributed by atoms with Gasteiger partial charge >= 0.3 is 5.97 Å². The summed E-state index contributed by atoms with van der Waals surface area (Å²) in [7, 11) is 1.50. The summed E-state index contributed by atoms with van der Waals surface area (Å²) >= 11 is 0. The first kappa shape index (κ1) is 31.3. The van der Waals surface area contributed by atoms with Gasteiger partial charge in [-0.2, -0.15) is 0 Å². The number of carboxylic acids is 1. The van der Waals surface area contributed by atoms with Crippen molar-refractivity contribution in [1.82, 2.24) is 14.9 Å². The first-order valence-electron chi connectivity index (χ1n) is 14.0. The molecule has 0 spiro atoms. The third kappa shape index (κ3) is 8.43. The van der Waals surface area contributed by atoms with Crippen LogP contribution in [0.2, 0.25) is 0 Å². The number of nitrogens with zero attached hydrogens (tertiary/aromatic N) is 2. The van der Waals surface area contributed by atoms with E-state index in [1.807, 2.05) is 37.3 Å². The number of nitrogens with one attached hydrogen (secondary N) is 2. The second-order valence-electron chi connectivity index (χ2n) is 9.93. The average molecular weight is 593 g/mol. The fourth-order valence-corrected chi connectivity index (χ4v) is 4.62. The van der Waals surface area contributed by atoms with Crippen LogP contribution in [0.15, 0.2) is 59.9 Å². The molecule has 1 fully saturated rings. The molecule has 3 N–H and O–H groups in total. The van der Waals surface area contributed by atoms with Gasteiger partial charge in [0.1, 0.15) is 24.6 Å². The van der Waals surface area contributed by atoms with E-state index < -0.39 is 17.7 Å². The number of likely N-dealkylation sites (tertiary alicyclic amines) is 1. The number of ketones is 1. The minimum absolute atomic E-state index is 0.000429. The average Bonchev–Trinajstić information content (AvgIpc) is 3.70. The number of carbonyl (C=O) groups excluding carboxylic acids is 2. The lowest BCUT2D eigenvalue weighted by atomic mass is 10.1. The molecule has 43 heavy (non-hydrogen) atoms. The van der Waals surface area contributed by atoms with Gasteiger partial charge in [0.05, 0.1) is 6.61 Å². The number of benzene rings is 1. The zero-order valence-electron chi connectivity index (χ0n) is 24.5. The fraction of sp³-hybridized carbons (Fsp3) is 0.355. The molecule has 2 aromatic heterocycles. The van der Waals surface area contributed by atoms with Crippen molar-refractivity contribution in [2.24, 2.45) is 0 Å². The molecule has 1 aromatic carbocycles. The van der Waals surface area contributed by atoms with Crippen LogP contribution < -0.4 is 10.1 Å². The second kappa shape index (κ2) is 15.0. The second-order valence-corrected chi connectivity index (χ2v) is 9.93. The lowest BCUT2D eigenvalue weighted by molar-refractivity contribution is -0.141. The van der Waals surface area contributed by atoms with Crippen molar-refractivity contribution < 1.29 is 38.4 Å². The highest BCUT2D eigenvalue weighted by Crippen LogP contribution is 2.32. The van der Waals surface area contributed by atoms with Crippen LogP contribution in [0.1, 0.15) is 30.9 Å². The fourth-order valence-electron chi connectivity index (χ4n) is 4.62. The summed E-state index contributed by atoms with van der Waals surface area (Å²) in [6.07, 6.45) is 7.49. The Balaban J connectivity index is 0.000000996. The molecule has 12 nitrogen and oxygen atoms in total. The number of aromatic amines is 1. The number of pyridine rings is 1. The van der Waals surface area contributed by atoms with Crippen molar-refractivity contribution in [3.63, 3.8) is 0 Å². The number of methoxy groups -OCH3 is 1. The van der Waals surface area contributed by atoms with Gasteiger partial charge in [0.2, 0.25) is 11.7 Å². The van der Waals surface area contributed by atoms with Gasteiger partial charge in [0.25, 0.3) is 5.97 Å². The van der Waals surface area contributed by atoms with Gasteiger partial charge in [-0.05, 0) is 74.8 Å². The van der Waals surface area contributed by atoms with E-state index in [4.69, 9.17) is 28.8 Å². The topological polar surface area (TPSA) is 152 Å². The van der Waals surface area contributed by atoms with E-state index >= 15 is 0 Å². The van der Waals surface area contributed by atoms with Crippen LogP contribution in [0, 0.1) is 6.92 Å². The van der Waals surface area contributed by atoms with Gasteiger partial charge in [0, 0.05) is 49.6 Å². The van der Waals surface area contributed by atoms with Gasteiger partial charge in [-0.1, -0.05) is 0 Å². The van der Waals surface area contributed by atoms with E-state index in [9.17, 15) is 9.59 Å². The Bertz CT molecular complexity index is 1520. The lowest BCUT2D eigenvalue weighted by Crippen LogP contribution is -2.25. The molecule has 0 amide bonds. The Hall–Kier alpha value is -4.68. The SMILES string of the molecule is CC(=O)O.COCCOC(=O)C1=C(Nc2ccc(OCCN3CCCC3)cc2C)OC(=Cc2c[nH]c3ncccc23)C1=O. The molecule has 0 radical (unpaired) electrons. The van der Waals surface area contributed by atoms with Crippen LogP contribution in [0.3, 0.4) is 0 Å². The summed E-state index contributed by atoms with van der Waals surface area (Å²) < 4.78 is 22.1. The van der Waals surface area contributed by atoms with E-state index in [1.54, 1.807) is 18.5 Å². The summed E-state index contributed by atoms with van der Waals surface area (Å²) in [4.78, 5) is 45.0. The number of aryl methyl sites for hydroxylation is 1. The number of carbonyl (C=O) groups is 3.